The van der Waals surface area contributed by atoms with E-state index in [4.69, 9.17) is 10.2 Å². The molecule has 112 valence electrons. The molecule has 1 aromatic carbocycles. The molecule has 0 aliphatic heterocycles. The Morgan fingerprint density at radius 3 is 2.38 bits per heavy atom. The average molecular weight is 351 g/mol. The van der Waals surface area contributed by atoms with Gasteiger partial charge in [-0.3, -0.25) is 4.79 Å². The zero-order chi connectivity index (χ0) is 15.4. The van der Waals surface area contributed by atoms with E-state index in [-0.39, 0.29) is 17.7 Å². The van der Waals surface area contributed by atoms with E-state index in [1.807, 2.05) is 12.1 Å². The first kappa shape index (κ1) is 15.8. The molecule has 0 bridgehead atoms. The summed E-state index contributed by atoms with van der Waals surface area (Å²) in [4.78, 5) is 11.9. The van der Waals surface area contributed by atoms with Crippen molar-refractivity contribution in [2.45, 2.75) is 25.8 Å². The molecule has 1 atom stereocenters. The third-order valence-corrected chi connectivity index (χ3v) is 3.96. The van der Waals surface area contributed by atoms with E-state index >= 15 is 0 Å². The van der Waals surface area contributed by atoms with Crippen molar-refractivity contribution in [3.05, 3.63) is 58.0 Å². The molecule has 21 heavy (non-hydrogen) atoms. The summed E-state index contributed by atoms with van der Waals surface area (Å²) >= 11 is 3.25. The summed E-state index contributed by atoms with van der Waals surface area (Å²) in [6.45, 7) is 4.65. The van der Waals surface area contributed by atoms with Crippen molar-refractivity contribution in [1.82, 2.24) is 5.32 Å². The lowest BCUT2D eigenvalue weighted by molar-refractivity contribution is 0.0922. The molecular weight excluding hydrogens is 332 g/mol. The van der Waals surface area contributed by atoms with Gasteiger partial charge in [0, 0.05) is 12.6 Å². The van der Waals surface area contributed by atoms with Gasteiger partial charge in [-0.15, -0.1) is 0 Å². The number of carbonyl (C=O) groups excluding carboxylic acids is 1. The van der Waals surface area contributed by atoms with E-state index in [1.54, 1.807) is 6.07 Å². The van der Waals surface area contributed by atoms with Crippen molar-refractivity contribution >= 4 is 21.8 Å². The summed E-state index contributed by atoms with van der Waals surface area (Å²) in [6.07, 6.45) is 1.46. The molecule has 0 aliphatic carbocycles. The highest BCUT2D eigenvalue weighted by molar-refractivity contribution is 9.10. The second-order valence-corrected chi connectivity index (χ2v) is 6.09. The Bertz CT molecular complexity index is 605. The molecule has 0 aliphatic rings. The van der Waals surface area contributed by atoms with Crippen LogP contribution < -0.4 is 11.1 Å². The van der Waals surface area contributed by atoms with Crippen molar-refractivity contribution in [2.24, 2.45) is 5.73 Å². The second kappa shape index (κ2) is 6.91. The Morgan fingerprint density at radius 1 is 1.24 bits per heavy atom. The monoisotopic (exact) mass is 350 g/mol. The molecule has 1 unspecified atom stereocenters. The number of hydrogen-bond donors (Lipinski definition) is 2. The van der Waals surface area contributed by atoms with Crippen LogP contribution in [0.15, 0.2) is 45.5 Å². The van der Waals surface area contributed by atoms with E-state index in [1.165, 1.54) is 11.8 Å². The SMILES string of the molecule is CC(C)c1ccc(C(N)CNC(=O)c2occc2Br)cc1. The van der Waals surface area contributed by atoms with Gasteiger partial charge in [0.2, 0.25) is 5.76 Å². The first-order valence-electron chi connectivity index (χ1n) is 6.85. The van der Waals surface area contributed by atoms with E-state index < -0.39 is 0 Å². The predicted octanol–water partition coefficient (Wildman–Crippen LogP) is 3.60. The average Bonchev–Trinajstić information content (AvgIpc) is 2.90. The van der Waals surface area contributed by atoms with Gasteiger partial charge >= 0.3 is 0 Å². The van der Waals surface area contributed by atoms with Crippen molar-refractivity contribution in [2.75, 3.05) is 6.54 Å². The van der Waals surface area contributed by atoms with Gasteiger partial charge in [0.25, 0.3) is 5.91 Å². The number of hydrogen-bond acceptors (Lipinski definition) is 3. The van der Waals surface area contributed by atoms with Gasteiger partial charge in [-0.05, 0) is 39.0 Å². The lowest BCUT2D eigenvalue weighted by Crippen LogP contribution is -2.31. The predicted molar refractivity (Wildman–Crippen MR) is 86.2 cm³/mol. The highest BCUT2D eigenvalue weighted by atomic mass is 79.9. The van der Waals surface area contributed by atoms with Crippen LogP contribution in [0.5, 0.6) is 0 Å². The third kappa shape index (κ3) is 3.95. The van der Waals surface area contributed by atoms with E-state index in [0.29, 0.717) is 16.9 Å². The molecule has 0 radical (unpaired) electrons. The Morgan fingerprint density at radius 2 is 1.86 bits per heavy atom. The molecule has 1 amide bonds. The molecule has 1 heterocycles. The van der Waals surface area contributed by atoms with Crippen LogP contribution in [0.4, 0.5) is 0 Å². The summed E-state index contributed by atoms with van der Waals surface area (Å²) < 4.78 is 5.74. The van der Waals surface area contributed by atoms with Crippen molar-refractivity contribution in [1.29, 1.82) is 0 Å². The quantitative estimate of drug-likeness (QED) is 0.865. The smallest absolute Gasteiger partial charge is 0.288 e. The van der Waals surface area contributed by atoms with Crippen LogP contribution in [0.1, 0.15) is 47.5 Å². The maximum absolute atomic E-state index is 11.9. The van der Waals surface area contributed by atoms with Crippen molar-refractivity contribution in [3.63, 3.8) is 0 Å². The van der Waals surface area contributed by atoms with E-state index in [9.17, 15) is 4.79 Å². The van der Waals surface area contributed by atoms with Crippen LogP contribution in [0.25, 0.3) is 0 Å². The minimum Gasteiger partial charge on any atom is -0.458 e. The second-order valence-electron chi connectivity index (χ2n) is 5.24. The molecule has 5 heteroatoms. The number of nitrogens with two attached hydrogens (primary N) is 1. The Labute approximate surface area is 132 Å². The summed E-state index contributed by atoms with van der Waals surface area (Å²) in [5.74, 6) is 0.477. The van der Waals surface area contributed by atoms with Crippen molar-refractivity contribution in [3.8, 4) is 0 Å². The number of carbonyl (C=O) groups is 1. The van der Waals surface area contributed by atoms with Gasteiger partial charge in [0.1, 0.15) is 0 Å². The van der Waals surface area contributed by atoms with Gasteiger partial charge in [-0.2, -0.15) is 0 Å². The topological polar surface area (TPSA) is 68.3 Å². The molecule has 2 rings (SSSR count). The number of nitrogens with one attached hydrogen (secondary N) is 1. The van der Waals surface area contributed by atoms with Gasteiger partial charge in [-0.1, -0.05) is 38.1 Å². The van der Waals surface area contributed by atoms with Crippen LogP contribution >= 0.6 is 15.9 Å². The molecule has 0 saturated heterocycles. The van der Waals surface area contributed by atoms with Crippen LogP contribution in [0, 0.1) is 0 Å². The number of furan rings is 1. The summed E-state index contributed by atoms with van der Waals surface area (Å²) in [5.41, 5.74) is 8.37. The van der Waals surface area contributed by atoms with Gasteiger partial charge in [0.15, 0.2) is 0 Å². The van der Waals surface area contributed by atoms with Crippen molar-refractivity contribution < 1.29 is 9.21 Å². The Balaban J connectivity index is 1.94. The summed E-state index contributed by atoms with van der Waals surface area (Å²) in [6, 6.07) is 9.60. The normalized spacial score (nSPS) is 12.4. The minimum absolute atomic E-state index is 0.246. The lowest BCUT2D eigenvalue weighted by Gasteiger charge is -2.14. The first-order valence-corrected chi connectivity index (χ1v) is 7.65. The largest absolute Gasteiger partial charge is 0.458 e. The first-order chi connectivity index (χ1) is 9.99. The highest BCUT2D eigenvalue weighted by Gasteiger charge is 2.15. The lowest BCUT2D eigenvalue weighted by atomic mass is 9.99. The summed E-state index contributed by atoms with van der Waals surface area (Å²) in [7, 11) is 0. The van der Waals surface area contributed by atoms with Gasteiger partial charge < -0.3 is 15.5 Å². The minimum atomic E-state index is -0.277. The third-order valence-electron chi connectivity index (χ3n) is 3.34. The van der Waals surface area contributed by atoms with Crippen LogP contribution in [-0.2, 0) is 0 Å². The molecule has 0 saturated carbocycles. The zero-order valence-electron chi connectivity index (χ0n) is 12.1. The Kier molecular flexibility index (Phi) is 5.20. The summed E-state index contributed by atoms with van der Waals surface area (Å²) in [5, 5.41) is 2.77. The fourth-order valence-electron chi connectivity index (χ4n) is 1.98. The molecule has 2 aromatic rings. The van der Waals surface area contributed by atoms with Gasteiger partial charge in [-0.25, -0.2) is 0 Å². The molecule has 3 N–H and O–H groups in total. The standard InChI is InChI=1S/C16H19BrN2O2/c1-10(2)11-3-5-12(6-4-11)14(18)9-19-16(20)15-13(17)7-8-21-15/h3-8,10,14H,9,18H2,1-2H3,(H,19,20). The Hall–Kier alpha value is -1.59. The molecular formula is C16H19BrN2O2. The fourth-order valence-corrected chi connectivity index (χ4v) is 2.37. The number of rotatable bonds is 5. The number of amides is 1. The number of halogens is 1. The fraction of sp³-hybridized carbons (Fsp3) is 0.312. The van der Waals surface area contributed by atoms with Crippen LogP contribution in [0.3, 0.4) is 0 Å². The molecule has 0 spiro atoms. The zero-order valence-corrected chi connectivity index (χ0v) is 13.7. The molecule has 4 nitrogen and oxygen atoms in total. The molecule has 1 aromatic heterocycles. The van der Waals surface area contributed by atoms with E-state index in [0.717, 1.165) is 5.56 Å². The van der Waals surface area contributed by atoms with E-state index in [2.05, 4.69) is 47.2 Å². The highest BCUT2D eigenvalue weighted by Crippen LogP contribution is 2.19. The van der Waals surface area contributed by atoms with Crippen LogP contribution in [-0.4, -0.2) is 12.5 Å². The number of benzene rings is 1. The van der Waals surface area contributed by atoms with Crippen LogP contribution in [0.2, 0.25) is 0 Å². The van der Waals surface area contributed by atoms with Gasteiger partial charge in [0.05, 0.1) is 10.7 Å². The molecule has 0 fully saturated rings. The maximum Gasteiger partial charge on any atom is 0.288 e. The maximum atomic E-state index is 11.9.